The Morgan fingerprint density at radius 1 is 1.64 bits per heavy atom. The largest absolute Gasteiger partial charge is 0.303 e. The summed E-state index contributed by atoms with van der Waals surface area (Å²) in [7, 11) is 0. The van der Waals surface area contributed by atoms with Crippen molar-refractivity contribution in [3.05, 3.63) is 0 Å². The summed E-state index contributed by atoms with van der Waals surface area (Å²) < 4.78 is 0. The molecule has 1 N–H and O–H groups in total. The van der Waals surface area contributed by atoms with Crippen LogP contribution in [0.5, 0.6) is 0 Å². The van der Waals surface area contributed by atoms with Crippen molar-refractivity contribution in [3.63, 3.8) is 0 Å². The third-order valence-corrected chi connectivity index (χ3v) is 2.50. The molecule has 1 saturated carbocycles. The van der Waals surface area contributed by atoms with Crippen LogP contribution in [0.2, 0.25) is 0 Å². The molecular formula is C10H17N. The van der Waals surface area contributed by atoms with Crippen molar-refractivity contribution in [3.8, 4) is 11.8 Å². The average Bonchev–Trinajstić information content (AvgIpc) is 2.67. The molecule has 0 saturated heterocycles. The minimum Gasteiger partial charge on any atom is -0.303 e. The van der Waals surface area contributed by atoms with Crippen molar-refractivity contribution >= 4 is 0 Å². The molecule has 0 aliphatic heterocycles. The normalized spacial score (nSPS) is 30.5. The van der Waals surface area contributed by atoms with Crippen LogP contribution < -0.4 is 5.32 Å². The number of hydrogen-bond donors (Lipinski definition) is 1. The second kappa shape index (κ2) is 3.78. The molecule has 0 amide bonds. The van der Waals surface area contributed by atoms with Gasteiger partial charge in [0, 0.05) is 6.04 Å². The first-order valence-corrected chi connectivity index (χ1v) is 4.38. The van der Waals surface area contributed by atoms with Crippen LogP contribution in [0.25, 0.3) is 0 Å². The maximum absolute atomic E-state index is 3.40. The van der Waals surface area contributed by atoms with Gasteiger partial charge in [-0.05, 0) is 32.1 Å². The Morgan fingerprint density at radius 2 is 2.27 bits per heavy atom. The minimum absolute atomic E-state index is 0.658. The van der Waals surface area contributed by atoms with Crippen LogP contribution in [0.15, 0.2) is 0 Å². The summed E-state index contributed by atoms with van der Waals surface area (Å²) in [5.74, 6) is 7.74. The van der Waals surface area contributed by atoms with Crippen LogP contribution in [0.3, 0.4) is 0 Å². The molecule has 0 aromatic carbocycles. The van der Waals surface area contributed by atoms with Gasteiger partial charge in [0.2, 0.25) is 0 Å². The molecule has 0 bridgehead atoms. The monoisotopic (exact) mass is 151 g/mol. The molecule has 0 spiro atoms. The van der Waals surface area contributed by atoms with Crippen LogP contribution >= 0.6 is 0 Å². The van der Waals surface area contributed by atoms with Gasteiger partial charge in [0.25, 0.3) is 0 Å². The molecule has 0 aromatic heterocycles. The van der Waals surface area contributed by atoms with Gasteiger partial charge in [0.05, 0.1) is 6.54 Å². The van der Waals surface area contributed by atoms with E-state index in [0.29, 0.717) is 6.04 Å². The SMILES string of the molecule is CC#CCNC(C)C1CC1C. The minimum atomic E-state index is 0.658. The maximum atomic E-state index is 3.40. The molecule has 1 heteroatoms. The van der Waals surface area contributed by atoms with E-state index in [2.05, 4.69) is 31.0 Å². The Hall–Kier alpha value is -0.480. The molecule has 1 aliphatic rings. The van der Waals surface area contributed by atoms with E-state index < -0.39 is 0 Å². The first kappa shape index (κ1) is 8.62. The van der Waals surface area contributed by atoms with Crippen LogP contribution in [0.1, 0.15) is 27.2 Å². The van der Waals surface area contributed by atoms with Gasteiger partial charge in [0.15, 0.2) is 0 Å². The van der Waals surface area contributed by atoms with Gasteiger partial charge in [-0.2, -0.15) is 0 Å². The molecule has 1 fully saturated rings. The molecular weight excluding hydrogens is 134 g/mol. The zero-order valence-corrected chi connectivity index (χ0v) is 7.65. The molecule has 3 unspecified atom stereocenters. The van der Waals surface area contributed by atoms with Crippen LogP contribution in [0.4, 0.5) is 0 Å². The smallest absolute Gasteiger partial charge is 0.0578 e. The average molecular weight is 151 g/mol. The van der Waals surface area contributed by atoms with E-state index in [4.69, 9.17) is 0 Å². The van der Waals surface area contributed by atoms with E-state index in [1.54, 1.807) is 0 Å². The summed E-state index contributed by atoms with van der Waals surface area (Å²) in [6, 6.07) is 0.658. The highest BCUT2D eigenvalue weighted by molar-refractivity contribution is 4.99. The molecule has 0 radical (unpaired) electrons. The standard InChI is InChI=1S/C10H17N/c1-4-5-6-11-9(3)10-7-8(10)2/h8-11H,6-7H2,1-3H3. The predicted molar refractivity (Wildman–Crippen MR) is 48.2 cm³/mol. The Labute approximate surface area is 69.6 Å². The quantitative estimate of drug-likeness (QED) is 0.605. The highest BCUT2D eigenvalue weighted by atomic mass is 14.9. The van der Waals surface area contributed by atoms with E-state index in [-0.39, 0.29) is 0 Å². The topological polar surface area (TPSA) is 12.0 Å². The highest BCUT2D eigenvalue weighted by Crippen LogP contribution is 2.40. The molecule has 1 aliphatic carbocycles. The Kier molecular flexibility index (Phi) is 2.96. The van der Waals surface area contributed by atoms with Crippen molar-refractivity contribution in [2.75, 3.05) is 6.54 Å². The fourth-order valence-corrected chi connectivity index (χ4v) is 1.50. The summed E-state index contributed by atoms with van der Waals surface area (Å²) >= 11 is 0. The van der Waals surface area contributed by atoms with Crippen molar-refractivity contribution in [2.45, 2.75) is 33.2 Å². The van der Waals surface area contributed by atoms with Crippen molar-refractivity contribution in [1.82, 2.24) is 5.32 Å². The van der Waals surface area contributed by atoms with Gasteiger partial charge in [-0.25, -0.2) is 0 Å². The number of nitrogens with one attached hydrogen (secondary N) is 1. The first-order valence-electron chi connectivity index (χ1n) is 4.38. The summed E-state index contributed by atoms with van der Waals surface area (Å²) in [5, 5.41) is 3.40. The lowest BCUT2D eigenvalue weighted by molar-refractivity contribution is 0.505. The molecule has 11 heavy (non-hydrogen) atoms. The second-order valence-corrected chi connectivity index (χ2v) is 3.47. The molecule has 3 atom stereocenters. The second-order valence-electron chi connectivity index (χ2n) is 3.47. The summed E-state index contributed by atoms with van der Waals surface area (Å²) in [5.41, 5.74) is 0. The third kappa shape index (κ3) is 2.55. The van der Waals surface area contributed by atoms with Crippen LogP contribution in [0, 0.1) is 23.7 Å². The fraction of sp³-hybridized carbons (Fsp3) is 0.800. The summed E-state index contributed by atoms with van der Waals surface area (Å²) in [6.07, 6.45) is 1.40. The van der Waals surface area contributed by atoms with Crippen molar-refractivity contribution in [1.29, 1.82) is 0 Å². The third-order valence-electron chi connectivity index (χ3n) is 2.50. The summed E-state index contributed by atoms with van der Waals surface area (Å²) in [4.78, 5) is 0. The maximum Gasteiger partial charge on any atom is 0.0578 e. The van der Waals surface area contributed by atoms with Gasteiger partial charge in [-0.3, -0.25) is 0 Å². The van der Waals surface area contributed by atoms with E-state index in [0.717, 1.165) is 18.4 Å². The van der Waals surface area contributed by atoms with Gasteiger partial charge in [-0.15, -0.1) is 5.92 Å². The lowest BCUT2D eigenvalue weighted by atomic mass is 10.2. The van der Waals surface area contributed by atoms with E-state index >= 15 is 0 Å². The molecule has 1 rings (SSSR count). The van der Waals surface area contributed by atoms with Crippen LogP contribution in [-0.4, -0.2) is 12.6 Å². The molecule has 0 heterocycles. The molecule has 0 aromatic rings. The predicted octanol–water partition coefficient (Wildman–Crippen LogP) is 1.64. The lowest BCUT2D eigenvalue weighted by Gasteiger charge is -2.09. The van der Waals surface area contributed by atoms with E-state index in [1.165, 1.54) is 6.42 Å². The molecule has 1 nitrogen and oxygen atoms in total. The molecule has 62 valence electrons. The zero-order chi connectivity index (χ0) is 8.27. The van der Waals surface area contributed by atoms with Crippen molar-refractivity contribution in [2.24, 2.45) is 11.8 Å². The fourth-order valence-electron chi connectivity index (χ4n) is 1.50. The number of hydrogen-bond acceptors (Lipinski definition) is 1. The first-order chi connectivity index (χ1) is 5.25. The van der Waals surface area contributed by atoms with Crippen molar-refractivity contribution < 1.29 is 0 Å². The van der Waals surface area contributed by atoms with Gasteiger partial charge in [0.1, 0.15) is 0 Å². The number of rotatable bonds is 3. The van der Waals surface area contributed by atoms with Gasteiger partial charge < -0.3 is 5.32 Å². The van der Waals surface area contributed by atoms with E-state index in [1.807, 2.05) is 6.92 Å². The Bertz CT molecular complexity index is 175. The highest BCUT2D eigenvalue weighted by Gasteiger charge is 2.36. The van der Waals surface area contributed by atoms with Gasteiger partial charge in [-0.1, -0.05) is 12.8 Å². The summed E-state index contributed by atoms with van der Waals surface area (Å²) in [6.45, 7) is 7.30. The Morgan fingerprint density at radius 3 is 2.73 bits per heavy atom. The van der Waals surface area contributed by atoms with E-state index in [9.17, 15) is 0 Å². The Balaban J connectivity index is 2.10. The zero-order valence-electron chi connectivity index (χ0n) is 7.65. The lowest BCUT2D eigenvalue weighted by Crippen LogP contribution is -2.28. The van der Waals surface area contributed by atoms with Crippen LogP contribution in [-0.2, 0) is 0 Å². The van der Waals surface area contributed by atoms with Gasteiger partial charge >= 0.3 is 0 Å².